The van der Waals surface area contributed by atoms with E-state index in [1.165, 1.54) is 13.3 Å². The van der Waals surface area contributed by atoms with Gasteiger partial charge in [-0.15, -0.1) is 0 Å². The number of aromatic nitrogens is 1. The van der Waals surface area contributed by atoms with E-state index in [1.807, 2.05) is 0 Å². The highest BCUT2D eigenvalue weighted by atomic mass is 19.1. The van der Waals surface area contributed by atoms with Gasteiger partial charge in [0, 0.05) is 36.5 Å². The molecule has 5 nitrogen and oxygen atoms in total. The summed E-state index contributed by atoms with van der Waals surface area (Å²) in [5.74, 6) is -1.80. The predicted octanol–water partition coefficient (Wildman–Crippen LogP) is 3.03. The van der Waals surface area contributed by atoms with Crippen molar-refractivity contribution in [1.82, 2.24) is 4.98 Å². The van der Waals surface area contributed by atoms with E-state index in [0.29, 0.717) is 12.9 Å². The average molecular weight is 349 g/mol. The molecule has 2 heterocycles. The Balaban J connectivity index is 2.05. The first kappa shape index (κ1) is 17.6. The lowest BCUT2D eigenvalue weighted by atomic mass is 9.79. The topological polar surface area (TPSA) is 60.8 Å². The Morgan fingerprint density at radius 1 is 1.36 bits per heavy atom. The second-order valence-electron chi connectivity index (χ2n) is 5.74. The number of nitrogens with zero attached hydrogens (tertiary/aromatic N) is 1. The van der Waals surface area contributed by atoms with Gasteiger partial charge in [-0.25, -0.2) is 8.78 Å². The normalized spacial score (nSPS) is 17.0. The van der Waals surface area contributed by atoms with Crippen LogP contribution in [0.25, 0.3) is 11.1 Å². The van der Waals surface area contributed by atoms with E-state index >= 15 is 0 Å². The summed E-state index contributed by atoms with van der Waals surface area (Å²) in [6, 6.07) is 2.75. The van der Waals surface area contributed by atoms with E-state index in [1.54, 1.807) is 19.2 Å². The number of hydrogen-bond acceptors (Lipinski definition) is 5. The SMILES string of the molecule is CCOc1c(OC)cc(F)c(-c2cncc(C3COB(O)C3)c2)c1F. The molecule has 25 heavy (non-hydrogen) atoms. The molecular weight excluding hydrogens is 331 g/mol. The molecule has 0 radical (unpaired) electrons. The van der Waals surface area contributed by atoms with Crippen molar-refractivity contribution in [3.63, 3.8) is 0 Å². The molecule has 1 atom stereocenters. The van der Waals surface area contributed by atoms with Gasteiger partial charge in [-0.2, -0.15) is 0 Å². The summed E-state index contributed by atoms with van der Waals surface area (Å²) in [7, 11) is 0.497. The Morgan fingerprint density at radius 2 is 2.16 bits per heavy atom. The summed E-state index contributed by atoms with van der Waals surface area (Å²) in [6.07, 6.45) is 3.42. The third-order valence-electron chi connectivity index (χ3n) is 4.14. The molecular formula is C17H18BF2NO4. The average Bonchev–Trinajstić information content (AvgIpc) is 3.04. The minimum atomic E-state index is -0.833. The van der Waals surface area contributed by atoms with Gasteiger partial charge in [0.05, 0.1) is 19.3 Å². The summed E-state index contributed by atoms with van der Waals surface area (Å²) in [4.78, 5) is 4.09. The van der Waals surface area contributed by atoms with Crippen molar-refractivity contribution in [3.05, 3.63) is 41.7 Å². The van der Waals surface area contributed by atoms with Gasteiger partial charge in [0.15, 0.2) is 17.3 Å². The first-order valence-electron chi connectivity index (χ1n) is 7.98. The fourth-order valence-electron chi connectivity index (χ4n) is 2.93. The van der Waals surface area contributed by atoms with Crippen LogP contribution in [0.2, 0.25) is 6.32 Å². The van der Waals surface area contributed by atoms with Gasteiger partial charge in [-0.1, -0.05) is 0 Å². The van der Waals surface area contributed by atoms with Crippen molar-refractivity contribution in [3.8, 4) is 22.6 Å². The van der Waals surface area contributed by atoms with E-state index in [4.69, 9.17) is 14.1 Å². The van der Waals surface area contributed by atoms with E-state index in [9.17, 15) is 13.8 Å². The second kappa shape index (κ2) is 7.37. The summed E-state index contributed by atoms with van der Waals surface area (Å²) >= 11 is 0. The fourth-order valence-corrected chi connectivity index (χ4v) is 2.93. The molecule has 1 aromatic heterocycles. The zero-order valence-electron chi connectivity index (χ0n) is 14.0. The van der Waals surface area contributed by atoms with Crippen molar-refractivity contribution >= 4 is 7.12 Å². The molecule has 1 aliphatic rings. The van der Waals surface area contributed by atoms with Gasteiger partial charge < -0.3 is 19.2 Å². The number of benzene rings is 1. The van der Waals surface area contributed by atoms with Gasteiger partial charge in [0.25, 0.3) is 0 Å². The molecule has 0 saturated carbocycles. The molecule has 1 aliphatic heterocycles. The summed E-state index contributed by atoms with van der Waals surface area (Å²) in [5, 5.41) is 9.50. The van der Waals surface area contributed by atoms with Crippen LogP contribution in [-0.4, -0.2) is 37.4 Å². The van der Waals surface area contributed by atoms with Crippen LogP contribution in [0.1, 0.15) is 18.4 Å². The smallest absolute Gasteiger partial charge is 0.454 e. The Labute approximate surface area is 144 Å². The number of hydrogen-bond donors (Lipinski definition) is 1. The molecule has 0 bridgehead atoms. The maximum absolute atomic E-state index is 14.9. The molecule has 132 valence electrons. The molecule has 0 aliphatic carbocycles. The van der Waals surface area contributed by atoms with E-state index < -0.39 is 18.8 Å². The number of methoxy groups -OCH3 is 1. The Morgan fingerprint density at radius 3 is 2.80 bits per heavy atom. The highest BCUT2D eigenvalue weighted by Gasteiger charge is 2.30. The number of halogens is 2. The van der Waals surface area contributed by atoms with Crippen molar-refractivity contribution in [2.75, 3.05) is 20.3 Å². The van der Waals surface area contributed by atoms with Crippen LogP contribution in [0.3, 0.4) is 0 Å². The minimum absolute atomic E-state index is 0.00275. The Hall–Kier alpha value is -2.19. The van der Waals surface area contributed by atoms with Gasteiger partial charge in [0.2, 0.25) is 0 Å². The lowest BCUT2D eigenvalue weighted by Crippen LogP contribution is -2.07. The van der Waals surface area contributed by atoms with E-state index in [0.717, 1.165) is 11.6 Å². The molecule has 8 heteroatoms. The van der Waals surface area contributed by atoms with Crippen LogP contribution in [0.5, 0.6) is 11.5 Å². The lowest BCUT2D eigenvalue weighted by Gasteiger charge is -2.15. The van der Waals surface area contributed by atoms with Crippen LogP contribution < -0.4 is 9.47 Å². The Bertz CT molecular complexity index is 775. The molecule has 2 aromatic rings. The molecule has 1 saturated heterocycles. The number of rotatable bonds is 5. The molecule has 0 amide bonds. The van der Waals surface area contributed by atoms with Crippen molar-refractivity contribution in [2.24, 2.45) is 0 Å². The van der Waals surface area contributed by atoms with Crippen molar-refractivity contribution < 1.29 is 27.9 Å². The van der Waals surface area contributed by atoms with E-state index in [-0.39, 0.29) is 35.2 Å². The number of pyridine rings is 1. The first-order chi connectivity index (χ1) is 12.0. The zero-order valence-corrected chi connectivity index (χ0v) is 14.0. The summed E-state index contributed by atoms with van der Waals surface area (Å²) in [6.45, 7) is 2.26. The van der Waals surface area contributed by atoms with Crippen LogP contribution >= 0.6 is 0 Å². The van der Waals surface area contributed by atoms with Crippen LogP contribution in [0.4, 0.5) is 8.78 Å². The third-order valence-corrected chi connectivity index (χ3v) is 4.14. The predicted molar refractivity (Wildman–Crippen MR) is 88.8 cm³/mol. The maximum atomic E-state index is 14.9. The van der Waals surface area contributed by atoms with Gasteiger partial charge in [-0.3, -0.25) is 4.98 Å². The maximum Gasteiger partial charge on any atom is 0.454 e. The summed E-state index contributed by atoms with van der Waals surface area (Å²) < 4.78 is 44.8. The molecule has 0 spiro atoms. The van der Waals surface area contributed by atoms with Gasteiger partial charge in [-0.05, 0) is 24.9 Å². The number of ether oxygens (including phenoxy) is 2. The minimum Gasteiger partial charge on any atom is -0.493 e. The zero-order chi connectivity index (χ0) is 18.0. The molecule has 1 fully saturated rings. The lowest BCUT2D eigenvalue weighted by molar-refractivity contribution is 0.292. The fraction of sp³-hybridized carbons (Fsp3) is 0.353. The highest BCUT2D eigenvalue weighted by Crippen LogP contribution is 2.40. The van der Waals surface area contributed by atoms with Crippen molar-refractivity contribution in [1.29, 1.82) is 0 Å². The monoisotopic (exact) mass is 349 g/mol. The van der Waals surface area contributed by atoms with Crippen molar-refractivity contribution in [2.45, 2.75) is 19.2 Å². The molecule has 1 unspecified atom stereocenters. The highest BCUT2D eigenvalue weighted by molar-refractivity contribution is 6.43. The first-order valence-corrected chi connectivity index (χ1v) is 7.98. The summed E-state index contributed by atoms with van der Waals surface area (Å²) in [5.41, 5.74) is 0.817. The van der Waals surface area contributed by atoms with Crippen LogP contribution in [-0.2, 0) is 4.65 Å². The van der Waals surface area contributed by atoms with Crippen LogP contribution in [0, 0.1) is 11.6 Å². The van der Waals surface area contributed by atoms with Gasteiger partial charge in [0.1, 0.15) is 5.82 Å². The molecule has 1 N–H and O–H groups in total. The second-order valence-corrected chi connectivity index (χ2v) is 5.74. The largest absolute Gasteiger partial charge is 0.493 e. The molecule has 3 rings (SSSR count). The van der Waals surface area contributed by atoms with Crippen LogP contribution in [0.15, 0.2) is 24.5 Å². The Kier molecular flexibility index (Phi) is 5.20. The third kappa shape index (κ3) is 3.45. The van der Waals surface area contributed by atoms with Gasteiger partial charge >= 0.3 is 7.12 Å². The van der Waals surface area contributed by atoms with E-state index in [2.05, 4.69) is 4.98 Å². The molecule has 1 aromatic carbocycles. The quantitative estimate of drug-likeness (QED) is 0.841. The standard InChI is InChI=1S/C17H18BF2NO4/c1-3-24-17-14(23-2)5-13(19)15(16(17)20)11-4-10(7-21-8-11)12-6-18(22)25-9-12/h4-5,7-8,12,22H,3,6,9H2,1-2H3.